The van der Waals surface area contributed by atoms with Gasteiger partial charge in [0.05, 0.1) is 31.2 Å². The van der Waals surface area contributed by atoms with Crippen LogP contribution < -0.4 is 20.5 Å². The Morgan fingerprint density at radius 2 is 1.85 bits per heavy atom. The number of nitrogens with one attached hydrogen (secondary N) is 1. The smallest absolute Gasteiger partial charge is 0.259 e. The number of methoxy groups -OCH3 is 2. The number of benzene rings is 2. The molecule has 0 spiro atoms. The van der Waals surface area contributed by atoms with Crippen LogP contribution in [0.3, 0.4) is 0 Å². The minimum absolute atomic E-state index is 0.289. The van der Waals surface area contributed by atoms with Crippen molar-refractivity contribution in [2.24, 2.45) is 0 Å². The largest absolute Gasteiger partial charge is 0.497 e. The van der Waals surface area contributed by atoms with Crippen molar-refractivity contribution in [3.8, 4) is 11.5 Å². The molecule has 1 amide bonds. The highest BCUT2D eigenvalue weighted by Gasteiger charge is 2.13. The van der Waals surface area contributed by atoms with Crippen LogP contribution in [0.5, 0.6) is 11.5 Å². The number of anilines is 2. The van der Waals surface area contributed by atoms with Crippen LogP contribution in [0, 0.1) is 0 Å². The molecule has 0 aliphatic heterocycles. The molecular formula is C15H16N2O3. The molecule has 2 aromatic carbocycles. The van der Waals surface area contributed by atoms with Gasteiger partial charge in [-0.2, -0.15) is 0 Å². The standard InChI is InChI=1S/C15H16N2O3/c1-19-10-7-8-12(16)13(9-10)17-15(18)11-5-3-4-6-14(11)20-2/h3-9H,16H2,1-2H3,(H,17,18). The fourth-order valence-electron chi connectivity index (χ4n) is 1.79. The topological polar surface area (TPSA) is 73.6 Å². The molecule has 104 valence electrons. The molecule has 0 saturated carbocycles. The number of carbonyl (C=O) groups is 1. The fraction of sp³-hybridized carbons (Fsp3) is 0.133. The summed E-state index contributed by atoms with van der Waals surface area (Å²) in [6, 6.07) is 12.1. The summed E-state index contributed by atoms with van der Waals surface area (Å²) >= 11 is 0. The van der Waals surface area contributed by atoms with E-state index in [1.54, 1.807) is 49.6 Å². The van der Waals surface area contributed by atoms with Crippen LogP contribution in [-0.2, 0) is 0 Å². The van der Waals surface area contributed by atoms with E-state index in [1.807, 2.05) is 0 Å². The highest BCUT2D eigenvalue weighted by atomic mass is 16.5. The summed E-state index contributed by atoms with van der Waals surface area (Å²) in [6.07, 6.45) is 0. The lowest BCUT2D eigenvalue weighted by atomic mass is 10.1. The Balaban J connectivity index is 2.27. The van der Waals surface area contributed by atoms with Gasteiger partial charge in [-0.25, -0.2) is 0 Å². The number of hydrogen-bond donors (Lipinski definition) is 2. The molecule has 0 aromatic heterocycles. The summed E-state index contributed by atoms with van der Waals surface area (Å²) in [7, 11) is 3.07. The lowest BCUT2D eigenvalue weighted by Gasteiger charge is -2.11. The maximum absolute atomic E-state index is 12.3. The first-order chi connectivity index (χ1) is 9.65. The van der Waals surface area contributed by atoms with Crippen molar-refractivity contribution >= 4 is 17.3 Å². The number of para-hydroxylation sites is 1. The second-order valence-corrected chi connectivity index (χ2v) is 4.11. The lowest BCUT2D eigenvalue weighted by molar-refractivity contribution is 0.102. The second-order valence-electron chi connectivity index (χ2n) is 4.11. The molecule has 3 N–H and O–H groups in total. The molecule has 2 rings (SSSR count). The molecule has 0 saturated heterocycles. The number of rotatable bonds is 4. The highest BCUT2D eigenvalue weighted by molar-refractivity contribution is 6.07. The van der Waals surface area contributed by atoms with Crippen LogP contribution >= 0.6 is 0 Å². The Morgan fingerprint density at radius 1 is 1.10 bits per heavy atom. The predicted molar refractivity (Wildman–Crippen MR) is 78.4 cm³/mol. The maximum Gasteiger partial charge on any atom is 0.259 e. The van der Waals surface area contributed by atoms with Crippen molar-refractivity contribution < 1.29 is 14.3 Å². The SMILES string of the molecule is COc1ccc(N)c(NC(=O)c2ccccc2OC)c1. The molecule has 0 atom stereocenters. The molecule has 2 aromatic rings. The van der Waals surface area contributed by atoms with E-state index in [1.165, 1.54) is 7.11 Å². The quantitative estimate of drug-likeness (QED) is 0.839. The van der Waals surface area contributed by atoms with Crippen LogP contribution in [0.15, 0.2) is 42.5 Å². The molecular weight excluding hydrogens is 256 g/mol. The minimum Gasteiger partial charge on any atom is -0.497 e. The average Bonchev–Trinajstić information content (AvgIpc) is 2.49. The summed E-state index contributed by atoms with van der Waals surface area (Å²) in [5.74, 6) is 0.836. The zero-order chi connectivity index (χ0) is 14.5. The minimum atomic E-state index is -0.289. The van der Waals surface area contributed by atoms with Gasteiger partial charge in [0.2, 0.25) is 0 Å². The third-order valence-corrected chi connectivity index (χ3v) is 2.86. The Kier molecular flexibility index (Phi) is 4.10. The van der Waals surface area contributed by atoms with E-state index in [-0.39, 0.29) is 5.91 Å². The van der Waals surface area contributed by atoms with E-state index in [2.05, 4.69) is 5.32 Å². The molecule has 20 heavy (non-hydrogen) atoms. The van der Waals surface area contributed by atoms with Crippen LogP contribution in [0.25, 0.3) is 0 Å². The van der Waals surface area contributed by atoms with Crippen LogP contribution in [0.2, 0.25) is 0 Å². The zero-order valence-corrected chi connectivity index (χ0v) is 11.3. The first-order valence-electron chi connectivity index (χ1n) is 6.03. The summed E-state index contributed by atoms with van der Waals surface area (Å²) < 4.78 is 10.3. The van der Waals surface area contributed by atoms with Crippen molar-refractivity contribution in [3.05, 3.63) is 48.0 Å². The Hall–Kier alpha value is -2.69. The van der Waals surface area contributed by atoms with Crippen LogP contribution in [-0.4, -0.2) is 20.1 Å². The van der Waals surface area contributed by atoms with E-state index in [9.17, 15) is 4.79 Å². The third kappa shape index (κ3) is 2.83. The van der Waals surface area contributed by atoms with Crippen molar-refractivity contribution in [1.29, 1.82) is 0 Å². The Bertz CT molecular complexity index is 626. The van der Waals surface area contributed by atoms with E-state index < -0.39 is 0 Å². The number of nitrogens with two attached hydrogens (primary N) is 1. The molecule has 5 heteroatoms. The van der Waals surface area contributed by atoms with E-state index >= 15 is 0 Å². The number of hydrogen-bond acceptors (Lipinski definition) is 4. The van der Waals surface area contributed by atoms with Gasteiger partial charge in [0, 0.05) is 6.07 Å². The Morgan fingerprint density at radius 3 is 2.55 bits per heavy atom. The van der Waals surface area contributed by atoms with Crippen molar-refractivity contribution in [3.63, 3.8) is 0 Å². The summed E-state index contributed by atoms with van der Waals surface area (Å²) in [6.45, 7) is 0. The third-order valence-electron chi connectivity index (χ3n) is 2.86. The van der Waals surface area contributed by atoms with E-state index in [0.717, 1.165) is 0 Å². The summed E-state index contributed by atoms with van der Waals surface area (Å²) in [5.41, 5.74) is 7.25. The van der Waals surface area contributed by atoms with Gasteiger partial charge in [0.15, 0.2) is 0 Å². The first-order valence-corrected chi connectivity index (χ1v) is 6.03. The molecule has 0 aliphatic carbocycles. The van der Waals surface area contributed by atoms with Crippen LogP contribution in [0.4, 0.5) is 11.4 Å². The average molecular weight is 272 g/mol. The normalized spacial score (nSPS) is 9.90. The summed E-state index contributed by atoms with van der Waals surface area (Å²) in [5, 5.41) is 2.75. The van der Waals surface area contributed by atoms with Gasteiger partial charge in [-0.3, -0.25) is 4.79 Å². The van der Waals surface area contributed by atoms with Crippen LogP contribution in [0.1, 0.15) is 10.4 Å². The number of ether oxygens (including phenoxy) is 2. The van der Waals surface area contributed by atoms with Gasteiger partial charge < -0.3 is 20.5 Å². The van der Waals surface area contributed by atoms with Gasteiger partial charge in [0.25, 0.3) is 5.91 Å². The second kappa shape index (κ2) is 5.97. The summed E-state index contributed by atoms with van der Waals surface area (Å²) in [4.78, 5) is 12.3. The molecule has 0 aliphatic rings. The van der Waals surface area contributed by atoms with Gasteiger partial charge in [-0.15, -0.1) is 0 Å². The van der Waals surface area contributed by atoms with E-state index in [0.29, 0.717) is 28.4 Å². The molecule has 0 unspecified atom stereocenters. The fourth-order valence-corrected chi connectivity index (χ4v) is 1.79. The molecule has 5 nitrogen and oxygen atoms in total. The predicted octanol–water partition coefficient (Wildman–Crippen LogP) is 2.54. The highest BCUT2D eigenvalue weighted by Crippen LogP contribution is 2.26. The zero-order valence-electron chi connectivity index (χ0n) is 11.3. The maximum atomic E-state index is 12.3. The number of amides is 1. The van der Waals surface area contributed by atoms with Gasteiger partial charge in [-0.1, -0.05) is 12.1 Å². The van der Waals surface area contributed by atoms with Gasteiger partial charge >= 0.3 is 0 Å². The lowest BCUT2D eigenvalue weighted by Crippen LogP contribution is -2.14. The number of carbonyl (C=O) groups excluding carboxylic acids is 1. The van der Waals surface area contributed by atoms with Gasteiger partial charge in [0.1, 0.15) is 11.5 Å². The molecule has 0 heterocycles. The molecule has 0 fully saturated rings. The Labute approximate surface area is 117 Å². The molecule has 0 radical (unpaired) electrons. The van der Waals surface area contributed by atoms with Gasteiger partial charge in [-0.05, 0) is 24.3 Å². The first kappa shape index (κ1) is 13.7. The number of nitrogen functional groups attached to an aromatic ring is 1. The van der Waals surface area contributed by atoms with Crippen molar-refractivity contribution in [2.45, 2.75) is 0 Å². The van der Waals surface area contributed by atoms with E-state index in [4.69, 9.17) is 15.2 Å². The monoisotopic (exact) mass is 272 g/mol. The van der Waals surface area contributed by atoms with Crippen molar-refractivity contribution in [2.75, 3.05) is 25.3 Å². The molecule has 0 bridgehead atoms. The van der Waals surface area contributed by atoms with Crippen molar-refractivity contribution in [1.82, 2.24) is 0 Å².